The van der Waals surface area contributed by atoms with Gasteiger partial charge in [0.25, 0.3) is 0 Å². The molecule has 0 spiro atoms. The molecule has 1 saturated carbocycles. The van der Waals surface area contributed by atoms with Gasteiger partial charge < -0.3 is 15.8 Å². The van der Waals surface area contributed by atoms with Gasteiger partial charge in [0.15, 0.2) is 0 Å². The van der Waals surface area contributed by atoms with Gasteiger partial charge in [-0.1, -0.05) is 18.9 Å². The molecule has 1 aliphatic carbocycles. The fourth-order valence-electron chi connectivity index (χ4n) is 3.21. The summed E-state index contributed by atoms with van der Waals surface area (Å²) in [5, 5.41) is 2.73. The molecule has 0 radical (unpaired) electrons. The molecule has 1 aliphatic rings. The van der Waals surface area contributed by atoms with Crippen molar-refractivity contribution in [2.45, 2.75) is 37.1 Å². The number of amides is 1. The number of carbonyl (C=O) groups excluding carboxylic acids is 1. The summed E-state index contributed by atoms with van der Waals surface area (Å²) in [4.78, 5) is 11.9. The molecule has 4 nitrogen and oxygen atoms in total. The van der Waals surface area contributed by atoms with Crippen molar-refractivity contribution in [3.8, 4) is 0 Å². The molecule has 1 aromatic carbocycles. The van der Waals surface area contributed by atoms with Crippen LogP contribution in [0, 0.1) is 11.6 Å². The third kappa shape index (κ3) is 3.44. The van der Waals surface area contributed by atoms with Crippen LogP contribution in [-0.2, 0) is 14.9 Å². The van der Waals surface area contributed by atoms with Crippen molar-refractivity contribution >= 4 is 5.91 Å². The molecular weight excluding hydrogens is 290 g/mol. The molecule has 1 aromatic rings. The molecule has 122 valence electrons. The molecule has 0 aromatic heterocycles. The fraction of sp³-hybridized carbons (Fsp3) is 0.562. The van der Waals surface area contributed by atoms with Gasteiger partial charge in [-0.15, -0.1) is 0 Å². The number of nitrogens with one attached hydrogen (secondary N) is 1. The summed E-state index contributed by atoms with van der Waals surface area (Å²) in [5.41, 5.74) is 5.05. The molecule has 1 unspecified atom stereocenters. The van der Waals surface area contributed by atoms with Gasteiger partial charge >= 0.3 is 0 Å². The highest BCUT2D eigenvalue weighted by Crippen LogP contribution is 2.42. The first-order valence-corrected chi connectivity index (χ1v) is 7.47. The van der Waals surface area contributed by atoms with Crippen LogP contribution in [0.2, 0.25) is 0 Å². The highest BCUT2D eigenvalue weighted by atomic mass is 19.1. The summed E-state index contributed by atoms with van der Waals surface area (Å²) >= 11 is 0. The van der Waals surface area contributed by atoms with Crippen LogP contribution in [-0.4, -0.2) is 32.2 Å². The topological polar surface area (TPSA) is 64.3 Å². The van der Waals surface area contributed by atoms with E-state index in [2.05, 4.69) is 5.32 Å². The lowest BCUT2D eigenvalue weighted by Gasteiger charge is -2.31. The Morgan fingerprint density at radius 2 is 1.95 bits per heavy atom. The van der Waals surface area contributed by atoms with E-state index in [4.69, 9.17) is 10.5 Å². The summed E-state index contributed by atoms with van der Waals surface area (Å²) in [5.74, 6) is -1.49. The second-order valence-electron chi connectivity index (χ2n) is 5.86. The maximum atomic E-state index is 14.2. The second kappa shape index (κ2) is 7.15. The maximum Gasteiger partial charge on any atom is 0.239 e. The van der Waals surface area contributed by atoms with Crippen molar-refractivity contribution in [2.75, 3.05) is 20.3 Å². The monoisotopic (exact) mass is 312 g/mol. The van der Waals surface area contributed by atoms with E-state index in [1.807, 2.05) is 0 Å². The number of nitrogens with two attached hydrogens (primary N) is 1. The minimum atomic E-state index is -0.783. The van der Waals surface area contributed by atoms with Crippen LogP contribution in [0.15, 0.2) is 18.2 Å². The number of rotatable bonds is 6. The molecule has 0 bridgehead atoms. The molecule has 1 fully saturated rings. The van der Waals surface area contributed by atoms with E-state index in [-0.39, 0.29) is 24.6 Å². The normalized spacial score (nSPS) is 18.2. The third-order valence-electron chi connectivity index (χ3n) is 4.34. The highest BCUT2D eigenvalue weighted by Gasteiger charge is 2.40. The van der Waals surface area contributed by atoms with Gasteiger partial charge in [-0.3, -0.25) is 4.79 Å². The summed E-state index contributed by atoms with van der Waals surface area (Å²) in [6.45, 7) is 0.286. The van der Waals surface area contributed by atoms with Crippen LogP contribution in [0.5, 0.6) is 0 Å². The summed E-state index contributed by atoms with van der Waals surface area (Å²) in [6.07, 6.45) is 3.05. The van der Waals surface area contributed by atoms with Crippen molar-refractivity contribution in [3.63, 3.8) is 0 Å². The lowest BCUT2D eigenvalue weighted by molar-refractivity contribution is -0.123. The van der Waals surface area contributed by atoms with E-state index in [0.29, 0.717) is 12.8 Å². The van der Waals surface area contributed by atoms with E-state index < -0.39 is 23.1 Å². The average molecular weight is 312 g/mol. The molecule has 2 rings (SSSR count). The van der Waals surface area contributed by atoms with Gasteiger partial charge in [0, 0.05) is 24.6 Å². The Labute approximate surface area is 129 Å². The number of methoxy groups -OCH3 is 1. The van der Waals surface area contributed by atoms with Crippen LogP contribution in [0.3, 0.4) is 0 Å². The molecule has 0 heterocycles. The molecular formula is C16H22F2N2O2. The Hall–Kier alpha value is -1.53. The zero-order valence-corrected chi connectivity index (χ0v) is 12.7. The van der Waals surface area contributed by atoms with E-state index in [1.165, 1.54) is 25.3 Å². The Bertz CT molecular complexity index is 511. The number of halogens is 2. The number of carbonyl (C=O) groups is 1. The molecule has 3 N–H and O–H groups in total. The first-order chi connectivity index (χ1) is 10.5. The molecule has 0 saturated heterocycles. The van der Waals surface area contributed by atoms with Gasteiger partial charge in [0.2, 0.25) is 5.91 Å². The maximum absolute atomic E-state index is 14.2. The Balaban J connectivity index is 2.18. The second-order valence-corrected chi connectivity index (χ2v) is 5.86. The van der Waals surface area contributed by atoms with Crippen molar-refractivity contribution in [3.05, 3.63) is 35.4 Å². The smallest absolute Gasteiger partial charge is 0.239 e. The quantitative estimate of drug-likeness (QED) is 0.843. The average Bonchev–Trinajstić information content (AvgIpc) is 2.94. The zero-order valence-electron chi connectivity index (χ0n) is 12.7. The van der Waals surface area contributed by atoms with Crippen LogP contribution < -0.4 is 11.1 Å². The van der Waals surface area contributed by atoms with E-state index in [0.717, 1.165) is 12.8 Å². The predicted octanol–water partition coefficient (Wildman–Crippen LogP) is 1.87. The zero-order chi connectivity index (χ0) is 16.2. The molecule has 1 atom stereocenters. The SMILES string of the molecule is COCC(N)C(=O)NCC1(c2c(F)cccc2F)CCCC1. The van der Waals surface area contributed by atoms with Gasteiger partial charge in [-0.2, -0.15) is 0 Å². The van der Waals surface area contributed by atoms with Crippen LogP contribution in [0.4, 0.5) is 8.78 Å². The van der Waals surface area contributed by atoms with Crippen molar-refractivity contribution in [2.24, 2.45) is 5.73 Å². The Morgan fingerprint density at radius 1 is 1.36 bits per heavy atom. The lowest BCUT2D eigenvalue weighted by atomic mass is 9.78. The predicted molar refractivity (Wildman–Crippen MR) is 79.4 cm³/mol. The van der Waals surface area contributed by atoms with Gasteiger partial charge in [0.05, 0.1) is 6.61 Å². The number of benzene rings is 1. The molecule has 6 heteroatoms. The number of hydrogen-bond donors (Lipinski definition) is 2. The van der Waals surface area contributed by atoms with Crippen LogP contribution in [0.25, 0.3) is 0 Å². The van der Waals surface area contributed by atoms with Gasteiger partial charge in [0.1, 0.15) is 17.7 Å². The molecule has 22 heavy (non-hydrogen) atoms. The Kier molecular flexibility index (Phi) is 5.47. The van der Waals surface area contributed by atoms with Crippen LogP contribution in [0.1, 0.15) is 31.2 Å². The standard InChI is InChI=1S/C16H22F2N2O2/c1-22-9-13(19)15(21)20-10-16(7-2-3-8-16)14-11(17)5-4-6-12(14)18/h4-6,13H,2-3,7-10,19H2,1H3,(H,20,21). The van der Waals surface area contributed by atoms with Gasteiger partial charge in [-0.25, -0.2) is 8.78 Å². The van der Waals surface area contributed by atoms with Crippen molar-refractivity contribution < 1.29 is 18.3 Å². The molecule has 1 amide bonds. The Morgan fingerprint density at radius 3 is 2.50 bits per heavy atom. The third-order valence-corrected chi connectivity index (χ3v) is 4.34. The first kappa shape index (κ1) is 16.8. The summed E-state index contributed by atoms with van der Waals surface area (Å²) in [6, 6.07) is 3.09. The van der Waals surface area contributed by atoms with Gasteiger partial charge in [-0.05, 0) is 25.0 Å². The first-order valence-electron chi connectivity index (χ1n) is 7.47. The molecule has 0 aliphatic heterocycles. The van der Waals surface area contributed by atoms with Crippen molar-refractivity contribution in [1.82, 2.24) is 5.32 Å². The highest BCUT2D eigenvalue weighted by molar-refractivity contribution is 5.81. The fourth-order valence-corrected chi connectivity index (χ4v) is 3.21. The van der Waals surface area contributed by atoms with E-state index in [9.17, 15) is 13.6 Å². The lowest BCUT2D eigenvalue weighted by Crippen LogP contribution is -2.48. The number of hydrogen-bond acceptors (Lipinski definition) is 3. The number of ether oxygens (including phenoxy) is 1. The summed E-state index contributed by atoms with van der Waals surface area (Å²) < 4.78 is 33.1. The largest absolute Gasteiger partial charge is 0.383 e. The minimum Gasteiger partial charge on any atom is -0.383 e. The van der Waals surface area contributed by atoms with Crippen molar-refractivity contribution in [1.29, 1.82) is 0 Å². The van der Waals surface area contributed by atoms with E-state index in [1.54, 1.807) is 0 Å². The van der Waals surface area contributed by atoms with Crippen LogP contribution >= 0.6 is 0 Å². The van der Waals surface area contributed by atoms with E-state index >= 15 is 0 Å². The minimum absolute atomic E-state index is 0.0770. The summed E-state index contributed by atoms with van der Waals surface area (Å²) in [7, 11) is 1.46.